The molecule has 1 unspecified atom stereocenters. The summed E-state index contributed by atoms with van der Waals surface area (Å²) in [6.45, 7) is 1.76. The molecule has 1 atom stereocenters. The Kier molecular flexibility index (Phi) is 3.03. The van der Waals surface area contributed by atoms with Crippen molar-refractivity contribution in [2.45, 2.75) is 37.8 Å². The zero-order valence-corrected chi connectivity index (χ0v) is 8.45. The molecule has 2 fully saturated rings. The molecule has 0 aromatic rings. The molecule has 1 saturated heterocycles. The van der Waals surface area contributed by atoms with E-state index in [-0.39, 0.29) is 18.6 Å². The van der Waals surface area contributed by atoms with Gasteiger partial charge in [-0.05, 0) is 32.2 Å². The number of rotatable bonds is 4. The topological polar surface area (TPSA) is 55.6 Å². The highest BCUT2D eigenvalue weighted by molar-refractivity contribution is 5.78. The first kappa shape index (κ1) is 9.93. The summed E-state index contributed by atoms with van der Waals surface area (Å²) in [7, 11) is 0. The van der Waals surface area contributed by atoms with E-state index >= 15 is 0 Å². The minimum Gasteiger partial charge on any atom is -0.367 e. The minimum absolute atomic E-state index is 0.163. The third-order valence-electron chi connectivity index (χ3n) is 2.88. The highest BCUT2D eigenvalue weighted by Crippen LogP contribution is 2.29. The van der Waals surface area contributed by atoms with Gasteiger partial charge < -0.3 is 15.4 Å². The Hall–Kier alpha value is -0.610. The van der Waals surface area contributed by atoms with E-state index in [0.717, 1.165) is 19.4 Å². The molecule has 2 aliphatic rings. The second kappa shape index (κ2) is 4.28. The van der Waals surface area contributed by atoms with Crippen LogP contribution in [0, 0.1) is 0 Å². The van der Waals surface area contributed by atoms with E-state index in [1.165, 1.54) is 12.8 Å². The summed E-state index contributed by atoms with van der Waals surface area (Å²) in [4.78, 5) is 13.5. The second-order valence-electron chi connectivity index (χ2n) is 4.14. The SMILES string of the molecule is NCCCC1CN(C2CC2)C(=O)CO1. The van der Waals surface area contributed by atoms with E-state index in [2.05, 4.69) is 0 Å². The molecule has 4 heteroatoms. The van der Waals surface area contributed by atoms with Crippen LogP contribution in [-0.2, 0) is 9.53 Å². The van der Waals surface area contributed by atoms with Crippen molar-refractivity contribution in [3.63, 3.8) is 0 Å². The molecule has 14 heavy (non-hydrogen) atoms. The molecule has 0 aromatic heterocycles. The lowest BCUT2D eigenvalue weighted by Crippen LogP contribution is -2.47. The van der Waals surface area contributed by atoms with Crippen LogP contribution in [0.2, 0.25) is 0 Å². The molecule has 0 bridgehead atoms. The maximum absolute atomic E-state index is 11.5. The van der Waals surface area contributed by atoms with Crippen LogP contribution in [0.5, 0.6) is 0 Å². The Labute approximate surface area is 84.4 Å². The molecule has 1 aliphatic carbocycles. The van der Waals surface area contributed by atoms with E-state index in [0.29, 0.717) is 12.6 Å². The fourth-order valence-electron chi connectivity index (χ4n) is 1.91. The molecule has 1 heterocycles. The van der Waals surface area contributed by atoms with Gasteiger partial charge in [0.15, 0.2) is 0 Å². The lowest BCUT2D eigenvalue weighted by Gasteiger charge is -2.32. The third kappa shape index (κ3) is 2.25. The van der Waals surface area contributed by atoms with Gasteiger partial charge in [0.25, 0.3) is 0 Å². The van der Waals surface area contributed by atoms with Crippen LogP contribution in [0.15, 0.2) is 0 Å². The third-order valence-corrected chi connectivity index (χ3v) is 2.88. The molecular formula is C10H18N2O2. The average Bonchev–Trinajstić information content (AvgIpc) is 3.00. The number of amides is 1. The molecule has 0 spiro atoms. The van der Waals surface area contributed by atoms with Crippen molar-refractivity contribution in [2.75, 3.05) is 19.7 Å². The molecule has 4 nitrogen and oxygen atoms in total. The monoisotopic (exact) mass is 198 g/mol. The highest BCUT2D eigenvalue weighted by atomic mass is 16.5. The number of carbonyl (C=O) groups is 1. The van der Waals surface area contributed by atoms with Gasteiger partial charge in [0.2, 0.25) is 5.91 Å². The van der Waals surface area contributed by atoms with Gasteiger partial charge in [-0.1, -0.05) is 0 Å². The van der Waals surface area contributed by atoms with Crippen LogP contribution >= 0.6 is 0 Å². The molecule has 1 amide bonds. The van der Waals surface area contributed by atoms with Gasteiger partial charge in [0, 0.05) is 12.6 Å². The summed E-state index contributed by atoms with van der Waals surface area (Å²) in [5, 5.41) is 0. The van der Waals surface area contributed by atoms with E-state index in [9.17, 15) is 4.79 Å². The number of nitrogens with two attached hydrogens (primary N) is 1. The van der Waals surface area contributed by atoms with E-state index in [1.807, 2.05) is 4.90 Å². The number of morpholine rings is 1. The summed E-state index contributed by atoms with van der Waals surface area (Å²) >= 11 is 0. The van der Waals surface area contributed by atoms with Crippen LogP contribution in [0.25, 0.3) is 0 Å². The van der Waals surface area contributed by atoms with Crippen LogP contribution in [0.3, 0.4) is 0 Å². The number of ether oxygens (including phenoxy) is 1. The summed E-state index contributed by atoms with van der Waals surface area (Å²) in [5.41, 5.74) is 5.44. The first-order valence-electron chi connectivity index (χ1n) is 5.42. The zero-order chi connectivity index (χ0) is 9.97. The largest absolute Gasteiger partial charge is 0.367 e. The molecule has 80 valence electrons. The Morgan fingerprint density at radius 3 is 2.93 bits per heavy atom. The van der Waals surface area contributed by atoms with Gasteiger partial charge in [0.1, 0.15) is 6.61 Å². The molecule has 0 aromatic carbocycles. The highest BCUT2D eigenvalue weighted by Gasteiger charge is 2.36. The fraction of sp³-hybridized carbons (Fsp3) is 0.900. The van der Waals surface area contributed by atoms with Crippen LogP contribution in [0.4, 0.5) is 0 Å². The van der Waals surface area contributed by atoms with E-state index in [4.69, 9.17) is 10.5 Å². The Balaban J connectivity index is 1.82. The number of carbonyl (C=O) groups excluding carboxylic acids is 1. The van der Waals surface area contributed by atoms with Crippen LogP contribution < -0.4 is 5.73 Å². The van der Waals surface area contributed by atoms with Gasteiger partial charge in [-0.15, -0.1) is 0 Å². The Bertz CT molecular complexity index is 216. The van der Waals surface area contributed by atoms with Gasteiger partial charge >= 0.3 is 0 Å². The van der Waals surface area contributed by atoms with Crippen molar-refractivity contribution in [1.82, 2.24) is 4.90 Å². The normalized spacial score (nSPS) is 28.2. The summed E-state index contributed by atoms with van der Waals surface area (Å²) < 4.78 is 5.45. The van der Waals surface area contributed by atoms with Gasteiger partial charge in [-0.25, -0.2) is 0 Å². The molecular weight excluding hydrogens is 180 g/mol. The molecule has 2 rings (SSSR count). The van der Waals surface area contributed by atoms with Crippen molar-refractivity contribution in [1.29, 1.82) is 0 Å². The minimum atomic E-state index is 0.163. The predicted octanol–water partition coefficient (Wildman–Crippen LogP) is 0.115. The number of nitrogens with zero attached hydrogens (tertiary/aromatic N) is 1. The summed E-state index contributed by atoms with van der Waals surface area (Å²) in [6, 6.07) is 0.520. The Morgan fingerprint density at radius 1 is 1.50 bits per heavy atom. The van der Waals surface area contributed by atoms with Crippen LogP contribution in [0.1, 0.15) is 25.7 Å². The predicted molar refractivity (Wildman–Crippen MR) is 52.8 cm³/mol. The lowest BCUT2D eigenvalue weighted by atomic mass is 10.1. The molecule has 1 aliphatic heterocycles. The Morgan fingerprint density at radius 2 is 2.29 bits per heavy atom. The van der Waals surface area contributed by atoms with Crippen LogP contribution in [-0.4, -0.2) is 42.6 Å². The van der Waals surface area contributed by atoms with Gasteiger partial charge in [0.05, 0.1) is 6.10 Å². The first-order valence-corrected chi connectivity index (χ1v) is 5.42. The van der Waals surface area contributed by atoms with Crippen molar-refractivity contribution in [2.24, 2.45) is 5.73 Å². The van der Waals surface area contributed by atoms with Gasteiger partial charge in [-0.3, -0.25) is 4.79 Å². The first-order chi connectivity index (χ1) is 6.81. The zero-order valence-electron chi connectivity index (χ0n) is 8.45. The summed E-state index contributed by atoms with van der Waals surface area (Å²) in [6.07, 6.45) is 4.53. The van der Waals surface area contributed by atoms with Crippen molar-refractivity contribution >= 4 is 5.91 Å². The maximum atomic E-state index is 11.5. The maximum Gasteiger partial charge on any atom is 0.248 e. The number of hydrogen-bond acceptors (Lipinski definition) is 3. The fourth-order valence-corrected chi connectivity index (χ4v) is 1.91. The summed E-state index contributed by atoms with van der Waals surface area (Å²) in [5.74, 6) is 0.163. The van der Waals surface area contributed by atoms with Gasteiger partial charge in [-0.2, -0.15) is 0 Å². The van der Waals surface area contributed by atoms with E-state index in [1.54, 1.807) is 0 Å². The second-order valence-corrected chi connectivity index (χ2v) is 4.14. The quantitative estimate of drug-likeness (QED) is 0.698. The van der Waals surface area contributed by atoms with Crippen molar-refractivity contribution < 1.29 is 9.53 Å². The smallest absolute Gasteiger partial charge is 0.248 e. The number of hydrogen-bond donors (Lipinski definition) is 1. The average molecular weight is 198 g/mol. The standard InChI is InChI=1S/C10H18N2O2/c11-5-1-2-9-6-12(8-3-4-8)10(13)7-14-9/h8-9H,1-7,11H2. The molecule has 1 saturated carbocycles. The van der Waals surface area contributed by atoms with E-state index < -0.39 is 0 Å². The lowest BCUT2D eigenvalue weighted by molar-refractivity contribution is -0.150. The van der Waals surface area contributed by atoms with Crippen molar-refractivity contribution in [3.8, 4) is 0 Å². The molecule has 0 radical (unpaired) electrons. The van der Waals surface area contributed by atoms with Crippen molar-refractivity contribution in [3.05, 3.63) is 0 Å². The molecule has 2 N–H and O–H groups in total.